The minimum Gasteiger partial charge on any atom is -0.492 e. The van der Waals surface area contributed by atoms with Gasteiger partial charge in [0.15, 0.2) is 6.04 Å². The lowest BCUT2D eigenvalue weighted by Gasteiger charge is -2.25. The molecule has 20 heavy (non-hydrogen) atoms. The van der Waals surface area contributed by atoms with Crippen LogP contribution in [0.3, 0.4) is 0 Å². The van der Waals surface area contributed by atoms with Crippen LogP contribution in [0.25, 0.3) is 0 Å². The maximum Gasteiger partial charge on any atom is 0.330 e. The Labute approximate surface area is 116 Å². The zero-order valence-corrected chi connectivity index (χ0v) is 11.2. The van der Waals surface area contributed by atoms with Crippen molar-refractivity contribution in [3.8, 4) is 5.75 Å². The molecule has 6 nitrogen and oxygen atoms in total. The van der Waals surface area contributed by atoms with Crippen molar-refractivity contribution >= 4 is 11.9 Å². The van der Waals surface area contributed by atoms with Crippen LogP contribution >= 0.6 is 0 Å². The van der Waals surface area contributed by atoms with Gasteiger partial charge in [0.05, 0.1) is 19.6 Å². The molecule has 2 N–H and O–H groups in total. The number of hydrogen-bond acceptors (Lipinski definition) is 5. The minimum atomic E-state index is -1.04. The summed E-state index contributed by atoms with van der Waals surface area (Å²) in [7, 11) is 1.21. The Morgan fingerprint density at radius 3 is 2.95 bits per heavy atom. The molecule has 0 radical (unpaired) electrons. The second-order valence-electron chi connectivity index (χ2n) is 4.59. The molecule has 0 aromatic heterocycles. The van der Waals surface area contributed by atoms with Crippen molar-refractivity contribution in [1.82, 2.24) is 5.32 Å². The van der Waals surface area contributed by atoms with Gasteiger partial charge in [-0.3, -0.25) is 4.79 Å². The van der Waals surface area contributed by atoms with E-state index in [1.165, 1.54) is 7.11 Å². The number of benzene rings is 1. The molecule has 2 unspecified atom stereocenters. The Bertz CT molecular complexity index is 502. The maximum absolute atomic E-state index is 12.1. The number of nitrogens with one attached hydrogen (secondary N) is 1. The van der Waals surface area contributed by atoms with E-state index in [1.54, 1.807) is 0 Å². The number of fused-ring (bicyclic) bond motifs is 1. The number of para-hydroxylation sites is 1. The molecule has 1 aliphatic heterocycles. The molecule has 2 atom stereocenters. The van der Waals surface area contributed by atoms with Crippen LogP contribution in [0.5, 0.6) is 5.75 Å². The predicted octanol–water partition coefficient (Wildman–Crippen LogP) is -0.112. The van der Waals surface area contributed by atoms with Gasteiger partial charge in [0, 0.05) is 0 Å². The summed E-state index contributed by atoms with van der Waals surface area (Å²) in [5, 5.41) is 11.6. The second kappa shape index (κ2) is 6.38. The second-order valence-corrected chi connectivity index (χ2v) is 4.59. The fraction of sp³-hybridized carbons (Fsp3) is 0.429. The minimum absolute atomic E-state index is 0.252. The first-order chi connectivity index (χ1) is 9.65. The van der Waals surface area contributed by atoms with Gasteiger partial charge in [-0.05, 0) is 18.1 Å². The number of esters is 1. The molecular weight excluding hydrogens is 262 g/mol. The topological polar surface area (TPSA) is 84.9 Å². The third-order valence-electron chi connectivity index (χ3n) is 3.23. The van der Waals surface area contributed by atoms with Gasteiger partial charge in [0.1, 0.15) is 12.4 Å². The predicted molar refractivity (Wildman–Crippen MR) is 70.2 cm³/mol. The fourth-order valence-electron chi connectivity index (χ4n) is 2.11. The van der Waals surface area contributed by atoms with Gasteiger partial charge in [0.2, 0.25) is 5.91 Å². The van der Waals surface area contributed by atoms with Crippen molar-refractivity contribution in [3.05, 3.63) is 29.8 Å². The van der Waals surface area contributed by atoms with Gasteiger partial charge >= 0.3 is 5.97 Å². The van der Waals surface area contributed by atoms with Crippen LogP contribution < -0.4 is 10.1 Å². The molecule has 0 bridgehead atoms. The number of methoxy groups -OCH3 is 1. The Kier molecular flexibility index (Phi) is 4.57. The number of aliphatic hydroxyl groups is 1. The summed E-state index contributed by atoms with van der Waals surface area (Å²) in [5.74, 6) is -0.603. The van der Waals surface area contributed by atoms with Crippen molar-refractivity contribution < 1.29 is 24.2 Å². The highest BCUT2D eigenvalue weighted by molar-refractivity contribution is 5.86. The van der Waals surface area contributed by atoms with E-state index >= 15 is 0 Å². The van der Waals surface area contributed by atoms with E-state index in [9.17, 15) is 9.59 Å². The third-order valence-corrected chi connectivity index (χ3v) is 3.23. The smallest absolute Gasteiger partial charge is 0.330 e. The van der Waals surface area contributed by atoms with E-state index in [2.05, 4.69) is 10.1 Å². The number of hydrogen-bond donors (Lipinski definition) is 2. The highest BCUT2D eigenvalue weighted by Gasteiger charge is 2.29. The molecule has 1 heterocycles. The van der Waals surface area contributed by atoms with Crippen molar-refractivity contribution in [2.45, 2.75) is 12.5 Å². The van der Waals surface area contributed by atoms with Crippen LogP contribution in [0.15, 0.2) is 24.3 Å². The standard InChI is InChI=1S/C14H17NO5/c1-19-14(18)11(7-16)15-13(17)10-6-9-4-2-3-5-12(9)20-8-10/h2-5,10-11,16H,6-8H2,1H3,(H,15,17). The Morgan fingerprint density at radius 2 is 2.25 bits per heavy atom. The highest BCUT2D eigenvalue weighted by Crippen LogP contribution is 2.26. The summed E-state index contributed by atoms with van der Waals surface area (Å²) >= 11 is 0. The van der Waals surface area contributed by atoms with Gasteiger partial charge in [-0.2, -0.15) is 0 Å². The van der Waals surface area contributed by atoms with Gasteiger partial charge in [-0.15, -0.1) is 0 Å². The first kappa shape index (κ1) is 14.3. The van der Waals surface area contributed by atoms with Gasteiger partial charge in [-0.25, -0.2) is 4.79 Å². The lowest BCUT2D eigenvalue weighted by Crippen LogP contribution is -2.48. The van der Waals surface area contributed by atoms with Crippen LogP contribution in [0.4, 0.5) is 0 Å². The first-order valence-corrected chi connectivity index (χ1v) is 6.35. The largest absolute Gasteiger partial charge is 0.492 e. The van der Waals surface area contributed by atoms with Gasteiger partial charge in [-0.1, -0.05) is 18.2 Å². The molecule has 2 rings (SSSR count). The maximum atomic E-state index is 12.1. The highest BCUT2D eigenvalue weighted by atomic mass is 16.5. The van der Waals surface area contributed by atoms with E-state index in [4.69, 9.17) is 9.84 Å². The molecule has 0 saturated carbocycles. The summed E-state index contributed by atoms with van der Waals surface area (Å²) in [5.41, 5.74) is 0.956. The molecule has 108 valence electrons. The Balaban J connectivity index is 1.99. The van der Waals surface area contributed by atoms with Crippen LogP contribution in [0.1, 0.15) is 5.56 Å². The van der Waals surface area contributed by atoms with E-state index in [-0.39, 0.29) is 18.4 Å². The number of rotatable bonds is 4. The van der Waals surface area contributed by atoms with Crippen molar-refractivity contribution in [3.63, 3.8) is 0 Å². The molecule has 1 aromatic rings. The Morgan fingerprint density at radius 1 is 1.50 bits per heavy atom. The molecule has 0 fully saturated rings. The SMILES string of the molecule is COC(=O)C(CO)NC(=O)C1COc2ccccc2C1. The quantitative estimate of drug-likeness (QED) is 0.751. The molecule has 0 aliphatic carbocycles. The average Bonchev–Trinajstić information content (AvgIpc) is 2.51. The van der Waals surface area contributed by atoms with Gasteiger partial charge < -0.3 is 19.9 Å². The molecule has 6 heteroatoms. The summed E-state index contributed by atoms with van der Waals surface area (Å²) in [6.45, 7) is -0.245. The Hall–Kier alpha value is -2.08. The molecule has 1 aliphatic rings. The van der Waals surface area contributed by atoms with Crippen LogP contribution in [0, 0.1) is 5.92 Å². The number of aliphatic hydroxyl groups excluding tert-OH is 1. The molecular formula is C14H17NO5. The summed E-state index contributed by atoms with van der Waals surface area (Å²) in [4.78, 5) is 23.4. The van der Waals surface area contributed by atoms with Crippen LogP contribution in [0.2, 0.25) is 0 Å². The van der Waals surface area contributed by atoms with Crippen LogP contribution in [-0.4, -0.2) is 43.3 Å². The fourth-order valence-corrected chi connectivity index (χ4v) is 2.11. The lowest BCUT2D eigenvalue weighted by atomic mass is 9.96. The normalized spacial score (nSPS) is 18.4. The van der Waals surface area contributed by atoms with Crippen molar-refractivity contribution in [1.29, 1.82) is 0 Å². The third kappa shape index (κ3) is 3.08. The van der Waals surface area contributed by atoms with E-state index < -0.39 is 18.6 Å². The van der Waals surface area contributed by atoms with Crippen molar-refractivity contribution in [2.24, 2.45) is 5.92 Å². The van der Waals surface area contributed by atoms with Crippen molar-refractivity contribution in [2.75, 3.05) is 20.3 Å². The number of ether oxygens (including phenoxy) is 2. The summed E-state index contributed by atoms with van der Waals surface area (Å²) in [6, 6.07) is 6.48. The molecule has 0 spiro atoms. The monoisotopic (exact) mass is 279 g/mol. The van der Waals surface area contributed by atoms with E-state index in [0.717, 1.165) is 11.3 Å². The van der Waals surface area contributed by atoms with E-state index in [1.807, 2.05) is 24.3 Å². The zero-order chi connectivity index (χ0) is 14.5. The number of amides is 1. The van der Waals surface area contributed by atoms with Crippen LogP contribution in [-0.2, 0) is 20.7 Å². The summed E-state index contributed by atoms with van der Waals surface area (Å²) < 4.78 is 10.0. The molecule has 1 aromatic carbocycles. The molecule has 0 saturated heterocycles. The zero-order valence-electron chi connectivity index (χ0n) is 11.2. The number of carbonyl (C=O) groups is 2. The molecule has 1 amide bonds. The first-order valence-electron chi connectivity index (χ1n) is 6.35. The van der Waals surface area contributed by atoms with Gasteiger partial charge in [0.25, 0.3) is 0 Å². The summed E-state index contributed by atoms with van der Waals surface area (Å²) in [6.07, 6.45) is 0.543. The number of carbonyl (C=O) groups excluding carboxylic acids is 2. The average molecular weight is 279 g/mol. The lowest BCUT2D eigenvalue weighted by molar-refractivity contribution is -0.147. The van der Waals surface area contributed by atoms with E-state index in [0.29, 0.717) is 6.42 Å².